The van der Waals surface area contributed by atoms with Gasteiger partial charge in [0, 0.05) is 18.1 Å². The molecule has 7 nitrogen and oxygen atoms in total. The van der Waals surface area contributed by atoms with Crippen LogP contribution in [0.1, 0.15) is 19.4 Å². The number of hydrogen-bond acceptors (Lipinski definition) is 4. The van der Waals surface area contributed by atoms with Crippen LogP contribution in [0.4, 0.5) is 5.69 Å². The first kappa shape index (κ1) is 26.2. The van der Waals surface area contributed by atoms with E-state index in [0.717, 1.165) is 9.87 Å². The zero-order valence-electron chi connectivity index (χ0n) is 19.6. The molecule has 0 radical (unpaired) electrons. The van der Waals surface area contributed by atoms with Crippen LogP contribution < -0.4 is 9.62 Å². The van der Waals surface area contributed by atoms with E-state index >= 15 is 0 Å². The molecule has 3 aromatic rings. The smallest absolute Gasteiger partial charge is 0.264 e. The quantitative estimate of drug-likeness (QED) is 0.442. The predicted molar refractivity (Wildman–Crippen MR) is 138 cm³/mol. The number of carbonyl (C=O) groups excluding carboxylic acids is 2. The van der Waals surface area contributed by atoms with Gasteiger partial charge in [-0.05, 0) is 55.8 Å². The van der Waals surface area contributed by atoms with E-state index in [1.807, 2.05) is 0 Å². The van der Waals surface area contributed by atoms with Crippen LogP contribution in [-0.2, 0) is 26.2 Å². The summed E-state index contributed by atoms with van der Waals surface area (Å²) >= 11 is 5.99. The van der Waals surface area contributed by atoms with E-state index in [1.54, 1.807) is 86.6 Å². The Morgan fingerprint density at radius 3 is 2.06 bits per heavy atom. The molecule has 2 amide bonds. The summed E-state index contributed by atoms with van der Waals surface area (Å²) in [6.07, 6.45) is 0. The molecule has 0 spiro atoms. The van der Waals surface area contributed by atoms with Crippen molar-refractivity contribution in [2.75, 3.05) is 17.4 Å². The Bertz CT molecular complexity index is 1240. The lowest BCUT2D eigenvalue weighted by molar-refractivity contribution is -0.139. The molecule has 0 heterocycles. The Morgan fingerprint density at radius 2 is 1.49 bits per heavy atom. The van der Waals surface area contributed by atoms with Crippen molar-refractivity contribution >= 4 is 39.1 Å². The molecule has 1 unspecified atom stereocenters. The van der Waals surface area contributed by atoms with E-state index in [9.17, 15) is 18.0 Å². The Balaban J connectivity index is 1.98. The maximum Gasteiger partial charge on any atom is 0.264 e. The second kappa shape index (κ2) is 11.9. The van der Waals surface area contributed by atoms with Crippen LogP contribution in [-0.4, -0.2) is 44.3 Å². The highest BCUT2D eigenvalue weighted by Crippen LogP contribution is 2.24. The Labute approximate surface area is 211 Å². The molecule has 0 fully saturated rings. The Morgan fingerprint density at radius 1 is 0.914 bits per heavy atom. The van der Waals surface area contributed by atoms with Crippen molar-refractivity contribution in [3.63, 3.8) is 0 Å². The number of benzene rings is 3. The number of sulfonamides is 1. The number of likely N-dealkylation sites (N-methyl/N-ethyl adjacent to an activating group) is 1. The van der Waals surface area contributed by atoms with Crippen LogP contribution in [0.3, 0.4) is 0 Å². The summed E-state index contributed by atoms with van der Waals surface area (Å²) in [5, 5.41) is 3.28. The number of halogens is 1. The van der Waals surface area contributed by atoms with Gasteiger partial charge in [-0.1, -0.05) is 60.1 Å². The van der Waals surface area contributed by atoms with Gasteiger partial charge in [-0.15, -0.1) is 0 Å². The third-order valence-corrected chi connectivity index (χ3v) is 7.48. The minimum absolute atomic E-state index is 0.0673. The zero-order chi connectivity index (χ0) is 25.4. The molecule has 1 N–H and O–H groups in total. The first-order chi connectivity index (χ1) is 16.7. The number of hydrogen-bond donors (Lipinski definition) is 1. The summed E-state index contributed by atoms with van der Waals surface area (Å²) in [5.41, 5.74) is 1.11. The third-order valence-electron chi connectivity index (χ3n) is 5.44. The molecule has 9 heteroatoms. The van der Waals surface area contributed by atoms with Crippen LogP contribution in [0.25, 0.3) is 0 Å². The number of rotatable bonds is 10. The highest BCUT2D eigenvalue weighted by Gasteiger charge is 2.32. The van der Waals surface area contributed by atoms with Crippen molar-refractivity contribution < 1.29 is 18.0 Å². The lowest BCUT2D eigenvalue weighted by Gasteiger charge is -2.32. The van der Waals surface area contributed by atoms with E-state index in [4.69, 9.17) is 11.6 Å². The molecule has 0 aliphatic carbocycles. The van der Waals surface area contributed by atoms with Gasteiger partial charge in [-0.3, -0.25) is 13.9 Å². The maximum atomic E-state index is 13.6. The molecule has 35 heavy (non-hydrogen) atoms. The third kappa shape index (κ3) is 6.61. The average molecular weight is 514 g/mol. The molecular formula is C26H28ClN3O4S. The molecule has 1 atom stereocenters. The van der Waals surface area contributed by atoms with Gasteiger partial charge >= 0.3 is 0 Å². The van der Waals surface area contributed by atoms with Crippen molar-refractivity contribution in [3.8, 4) is 0 Å². The van der Waals surface area contributed by atoms with Crippen molar-refractivity contribution in [3.05, 3.63) is 95.5 Å². The number of amides is 2. The van der Waals surface area contributed by atoms with Crippen LogP contribution in [0, 0.1) is 0 Å². The fourth-order valence-corrected chi connectivity index (χ4v) is 5.09. The number of nitrogens with one attached hydrogen (secondary N) is 1. The van der Waals surface area contributed by atoms with E-state index in [-0.39, 0.29) is 17.3 Å². The minimum atomic E-state index is -4.05. The predicted octanol–water partition coefficient (Wildman–Crippen LogP) is 4.09. The largest absolute Gasteiger partial charge is 0.355 e. The van der Waals surface area contributed by atoms with Gasteiger partial charge in [0.2, 0.25) is 11.8 Å². The van der Waals surface area contributed by atoms with E-state index < -0.39 is 28.5 Å². The first-order valence-electron chi connectivity index (χ1n) is 11.2. The van der Waals surface area contributed by atoms with Crippen LogP contribution in [0.15, 0.2) is 89.8 Å². The fourth-order valence-electron chi connectivity index (χ4n) is 3.53. The number of para-hydroxylation sites is 1. The molecule has 3 rings (SSSR count). The van der Waals surface area contributed by atoms with E-state index in [1.165, 1.54) is 17.0 Å². The minimum Gasteiger partial charge on any atom is -0.355 e. The van der Waals surface area contributed by atoms with Gasteiger partial charge in [-0.2, -0.15) is 0 Å². The van der Waals surface area contributed by atoms with Crippen molar-refractivity contribution in [2.24, 2.45) is 0 Å². The summed E-state index contributed by atoms with van der Waals surface area (Å²) in [6.45, 7) is 3.46. The van der Waals surface area contributed by atoms with Gasteiger partial charge in [0.05, 0.1) is 10.6 Å². The van der Waals surface area contributed by atoms with Crippen molar-refractivity contribution in [2.45, 2.75) is 31.3 Å². The highest BCUT2D eigenvalue weighted by atomic mass is 35.5. The van der Waals surface area contributed by atoms with Gasteiger partial charge in [-0.25, -0.2) is 8.42 Å². The Kier molecular flexibility index (Phi) is 8.89. The lowest BCUT2D eigenvalue weighted by atomic mass is 10.1. The maximum absolute atomic E-state index is 13.6. The summed E-state index contributed by atoms with van der Waals surface area (Å²) < 4.78 is 28.2. The molecule has 0 aliphatic rings. The second-order valence-electron chi connectivity index (χ2n) is 7.88. The summed E-state index contributed by atoms with van der Waals surface area (Å²) in [6, 6.07) is 22.5. The highest BCUT2D eigenvalue weighted by molar-refractivity contribution is 7.92. The van der Waals surface area contributed by atoms with Crippen molar-refractivity contribution in [1.82, 2.24) is 10.2 Å². The average Bonchev–Trinajstić information content (AvgIpc) is 2.87. The summed E-state index contributed by atoms with van der Waals surface area (Å²) in [7, 11) is -4.05. The second-order valence-corrected chi connectivity index (χ2v) is 10.2. The monoisotopic (exact) mass is 513 g/mol. The van der Waals surface area contributed by atoms with Crippen LogP contribution in [0.2, 0.25) is 5.02 Å². The van der Waals surface area contributed by atoms with Crippen molar-refractivity contribution in [1.29, 1.82) is 0 Å². The van der Waals surface area contributed by atoms with E-state index in [0.29, 0.717) is 17.3 Å². The van der Waals surface area contributed by atoms with Gasteiger partial charge in [0.15, 0.2) is 0 Å². The lowest BCUT2D eigenvalue weighted by Crippen LogP contribution is -2.51. The summed E-state index contributed by atoms with van der Waals surface area (Å²) in [5.74, 6) is -0.839. The normalized spacial score (nSPS) is 12.0. The van der Waals surface area contributed by atoms with Crippen LogP contribution >= 0.6 is 11.6 Å². The molecular weight excluding hydrogens is 486 g/mol. The van der Waals surface area contributed by atoms with Gasteiger partial charge < -0.3 is 10.2 Å². The van der Waals surface area contributed by atoms with Gasteiger partial charge in [0.25, 0.3) is 10.0 Å². The fraction of sp³-hybridized carbons (Fsp3) is 0.231. The first-order valence-corrected chi connectivity index (χ1v) is 13.0. The standard InChI is InChI=1S/C26H28ClN3O4S/c1-3-28-26(32)20(2)29(18-21-14-16-22(27)17-15-21)25(31)19-30(23-10-6-4-7-11-23)35(33,34)24-12-8-5-9-13-24/h4-17,20H,3,18-19H2,1-2H3,(H,28,32). The van der Waals surface area contributed by atoms with Crippen LogP contribution in [0.5, 0.6) is 0 Å². The van der Waals surface area contributed by atoms with E-state index in [2.05, 4.69) is 5.32 Å². The Hall–Kier alpha value is -3.36. The number of carbonyl (C=O) groups is 2. The number of anilines is 1. The molecule has 0 aromatic heterocycles. The van der Waals surface area contributed by atoms with Gasteiger partial charge in [0.1, 0.15) is 12.6 Å². The molecule has 3 aromatic carbocycles. The zero-order valence-corrected chi connectivity index (χ0v) is 21.2. The summed E-state index contributed by atoms with van der Waals surface area (Å²) in [4.78, 5) is 27.7. The molecule has 0 saturated heterocycles. The topological polar surface area (TPSA) is 86.8 Å². The molecule has 0 aliphatic heterocycles. The molecule has 0 saturated carbocycles. The SMILES string of the molecule is CCNC(=O)C(C)N(Cc1ccc(Cl)cc1)C(=O)CN(c1ccccc1)S(=O)(=O)c1ccccc1. The molecule has 0 bridgehead atoms. The molecule has 184 valence electrons. The number of nitrogens with zero attached hydrogens (tertiary/aromatic N) is 2.